The van der Waals surface area contributed by atoms with Crippen LogP contribution in [0.15, 0.2) is 35.2 Å². The third-order valence-electron chi connectivity index (χ3n) is 3.83. The van der Waals surface area contributed by atoms with E-state index < -0.39 is 10.0 Å². The van der Waals surface area contributed by atoms with E-state index in [4.69, 9.17) is 5.73 Å². The van der Waals surface area contributed by atoms with Crippen molar-refractivity contribution in [1.82, 2.24) is 4.72 Å². The second-order valence-electron chi connectivity index (χ2n) is 5.17. The summed E-state index contributed by atoms with van der Waals surface area (Å²) in [5.41, 5.74) is 5.76. The topological polar surface area (TPSA) is 72.2 Å². The lowest BCUT2D eigenvalue weighted by molar-refractivity contribution is 0.294. The first-order valence-electron chi connectivity index (χ1n) is 6.91. The van der Waals surface area contributed by atoms with Crippen LogP contribution >= 0.6 is 12.4 Å². The Kier molecular flexibility index (Phi) is 6.95. The van der Waals surface area contributed by atoms with Gasteiger partial charge in [0.15, 0.2) is 0 Å². The molecule has 0 radical (unpaired) electrons. The van der Waals surface area contributed by atoms with Crippen LogP contribution in [0.1, 0.15) is 32.1 Å². The van der Waals surface area contributed by atoms with Crippen molar-refractivity contribution >= 4 is 22.4 Å². The fraction of sp³-hybridized carbons (Fsp3) is 0.571. The van der Waals surface area contributed by atoms with E-state index in [1.165, 1.54) is 19.3 Å². The van der Waals surface area contributed by atoms with Gasteiger partial charge >= 0.3 is 0 Å². The molecule has 1 saturated carbocycles. The molecule has 3 N–H and O–H groups in total. The molecule has 1 atom stereocenters. The molecule has 0 saturated heterocycles. The summed E-state index contributed by atoms with van der Waals surface area (Å²) in [5.74, 6) is 0.372. The van der Waals surface area contributed by atoms with E-state index >= 15 is 0 Å². The molecule has 1 aliphatic rings. The highest BCUT2D eigenvalue weighted by atomic mass is 35.5. The molecule has 114 valence electrons. The number of hydrogen-bond acceptors (Lipinski definition) is 3. The van der Waals surface area contributed by atoms with Crippen LogP contribution < -0.4 is 10.5 Å². The van der Waals surface area contributed by atoms with Crippen molar-refractivity contribution in [1.29, 1.82) is 0 Å². The Morgan fingerprint density at radius 2 is 1.75 bits per heavy atom. The van der Waals surface area contributed by atoms with Crippen LogP contribution in [-0.2, 0) is 10.0 Å². The van der Waals surface area contributed by atoms with E-state index in [1.54, 1.807) is 30.3 Å². The van der Waals surface area contributed by atoms with Crippen molar-refractivity contribution in [2.45, 2.75) is 43.0 Å². The van der Waals surface area contributed by atoms with Gasteiger partial charge in [-0.2, -0.15) is 0 Å². The minimum atomic E-state index is -3.45. The molecule has 1 aliphatic carbocycles. The van der Waals surface area contributed by atoms with Crippen molar-refractivity contribution in [2.24, 2.45) is 11.7 Å². The maximum Gasteiger partial charge on any atom is 0.240 e. The fourth-order valence-electron chi connectivity index (χ4n) is 2.74. The average molecular weight is 319 g/mol. The van der Waals surface area contributed by atoms with Crippen molar-refractivity contribution < 1.29 is 8.42 Å². The van der Waals surface area contributed by atoms with E-state index in [0.717, 1.165) is 12.8 Å². The van der Waals surface area contributed by atoms with Crippen molar-refractivity contribution in [3.05, 3.63) is 30.3 Å². The van der Waals surface area contributed by atoms with Gasteiger partial charge in [-0.15, -0.1) is 12.4 Å². The molecule has 0 bridgehead atoms. The first kappa shape index (κ1) is 17.4. The van der Waals surface area contributed by atoms with Gasteiger partial charge in [0, 0.05) is 12.6 Å². The van der Waals surface area contributed by atoms with Crippen LogP contribution in [0, 0.1) is 5.92 Å². The van der Waals surface area contributed by atoms with Crippen LogP contribution in [0.3, 0.4) is 0 Å². The lowest BCUT2D eigenvalue weighted by Gasteiger charge is -2.29. The Hall–Kier alpha value is -0.620. The first-order valence-corrected chi connectivity index (χ1v) is 8.39. The summed E-state index contributed by atoms with van der Waals surface area (Å²) in [5, 5.41) is 0. The summed E-state index contributed by atoms with van der Waals surface area (Å²) in [6.07, 6.45) is 5.74. The lowest BCUT2D eigenvalue weighted by Crippen LogP contribution is -2.45. The van der Waals surface area contributed by atoms with E-state index in [-0.39, 0.29) is 18.4 Å². The SMILES string of the molecule is Cl.NCC(NS(=O)(=O)c1ccccc1)C1CCCCC1. The maximum absolute atomic E-state index is 12.3. The van der Waals surface area contributed by atoms with Gasteiger partial charge in [-0.25, -0.2) is 13.1 Å². The Morgan fingerprint density at radius 1 is 1.15 bits per heavy atom. The van der Waals surface area contributed by atoms with Gasteiger partial charge in [0.2, 0.25) is 10.0 Å². The summed E-state index contributed by atoms with van der Waals surface area (Å²) in [4.78, 5) is 0.309. The number of benzene rings is 1. The zero-order valence-electron chi connectivity index (χ0n) is 11.5. The second kappa shape index (κ2) is 7.98. The summed E-state index contributed by atoms with van der Waals surface area (Å²) in [6.45, 7) is 0.358. The van der Waals surface area contributed by atoms with Crippen LogP contribution in [0.25, 0.3) is 0 Å². The first-order chi connectivity index (χ1) is 9.13. The van der Waals surface area contributed by atoms with Crippen LogP contribution in [-0.4, -0.2) is 21.0 Å². The molecule has 1 unspecified atom stereocenters. The Labute approximate surface area is 127 Å². The number of hydrogen-bond donors (Lipinski definition) is 2. The van der Waals surface area contributed by atoms with E-state index in [9.17, 15) is 8.42 Å². The Bertz CT molecular complexity index is 487. The predicted molar refractivity (Wildman–Crippen MR) is 83.4 cm³/mol. The normalized spacial score (nSPS) is 18.2. The molecule has 1 aromatic rings. The monoisotopic (exact) mass is 318 g/mol. The molecule has 0 aromatic heterocycles. The molecule has 0 aliphatic heterocycles. The number of sulfonamides is 1. The highest BCUT2D eigenvalue weighted by molar-refractivity contribution is 7.89. The molecule has 0 spiro atoms. The van der Waals surface area contributed by atoms with E-state index in [2.05, 4.69) is 4.72 Å². The van der Waals surface area contributed by atoms with Gasteiger partial charge in [-0.05, 0) is 30.9 Å². The fourth-order valence-corrected chi connectivity index (χ4v) is 4.08. The quantitative estimate of drug-likeness (QED) is 0.875. The van der Waals surface area contributed by atoms with Crippen molar-refractivity contribution in [3.63, 3.8) is 0 Å². The lowest BCUT2D eigenvalue weighted by atomic mass is 9.84. The average Bonchev–Trinajstić information content (AvgIpc) is 2.47. The van der Waals surface area contributed by atoms with Gasteiger partial charge in [-0.1, -0.05) is 37.5 Å². The molecule has 6 heteroatoms. The highest BCUT2D eigenvalue weighted by Crippen LogP contribution is 2.27. The zero-order valence-corrected chi connectivity index (χ0v) is 13.1. The molecule has 0 amide bonds. The molecule has 4 nitrogen and oxygen atoms in total. The standard InChI is InChI=1S/C14H22N2O2S.ClH/c15-11-14(12-7-3-1-4-8-12)16-19(17,18)13-9-5-2-6-10-13;/h2,5-6,9-10,12,14,16H,1,3-4,7-8,11,15H2;1H. The second-order valence-corrected chi connectivity index (χ2v) is 6.89. The third-order valence-corrected chi connectivity index (χ3v) is 5.34. The summed E-state index contributed by atoms with van der Waals surface area (Å²) in [6, 6.07) is 8.33. The molecule has 2 rings (SSSR count). The summed E-state index contributed by atoms with van der Waals surface area (Å²) < 4.78 is 27.3. The molecule has 1 fully saturated rings. The van der Waals surface area contributed by atoms with Crippen LogP contribution in [0.4, 0.5) is 0 Å². The number of nitrogens with one attached hydrogen (secondary N) is 1. The Balaban J connectivity index is 0.00000200. The van der Waals surface area contributed by atoms with Crippen LogP contribution in [0.5, 0.6) is 0 Å². The van der Waals surface area contributed by atoms with Gasteiger partial charge in [-0.3, -0.25) is 0 Å². The molecular weight excluding hydrogens is 296 g/mol. The third kappa shape index (κ3) is 4.45. The molecule has 1 aromatic carbocycles. The number of rotatable bonds is 5. The molecule has 0 heterocycles. The minimum absolute atomic E-state index is 0. The highest BCUT2D eigenvalue weighted by Gasteiger charge is 2.27. The molecule has 20 heavy (non-hydrogen) atoms. The summed E-state index contributed by atoms with van der Waals surface area (Å²) in [7, 11) is -3.45. The van der Waals surface area contributed by atoms with Gasteiger partial charge < -0.3 is 5.73 Å². The van der Waals surface area contributed by atoms with Gasteiger partial charge in [0.1, 0.15) is 0 Å². The largest absolute Gasteiger partial charge is 0.329 e. The van der Waals surface area contributed by atoms with Crippen LogP contribution in [0.2, 0.25) is 0 Å². The molecular formula is C14H23ClN2O2S. The van der Waals surface area contributed by atoms with Crippen molar-refractivity contribution in [3.8, 4) is 0 Å². The van der Waals surface area contributed by atoms with Gasteiger partial charge in [0.25, 0.3) is 0 Å². The van der Waals surface area contributed by atoms with E-state index in [0.29, 0.717) is 17.4 Å². The predicted octanol–water partition coefficient (Wildman–Crippen LogP) is 2.29. The zero-order chi connectivity index (χ0) is 13.7. The summed E-state index contributed by atoms with van der Waals surface area (Å²) >= 11 is 0. The smallest absolute Gasteiger partial charge is 0.240 e. The number of nitrogens with two attached hydrogens (primary N) is 1. The van der Waals surface area contributed by atoms with Crippen molar-refractivity contribution in [2.75, 3.05) is 6.54 Å². The maximum atomic E-state index is 12.3. The minimum Gasteiger partial charge on any atom is -0.329 e. The Morgan fingerprint density at radius 3 is 2.30 bits per heavy atom. The van der Waals surface area contributed by atoms with E-state index in [1.807, 2.05) is 0 Å². The van der Waals surface area contributed by atoms with Gasteiger partial charge in [0.05, 0.1) is 4.90 Å². The number of halogens is 1.